The third-order valence-electron chi connectivity index (χ3n) is 6.44. The summed E-state index contributed by atoms with van der Waals surface area (Å²) in [6, 6.07) is 21.8. The average Bonchev–Trinajstić information content (AvgIpc) is 3.03. The topological polar surface area (TPSA) is 173 Å². The molecule has 0 unspecified atom stereocenters. The Hall–Kier alpha value is -5.50. The Labute approximate surface area is 257 Å². The van der Waals surface area contributed by atoms with E-state index in [4.69, 9.17) is 29.2 Å². The molecule has 4 rings (SSSR count). The maximum absolute atomic E-state index is 12.6. The zero-order valence-electron chi connectivity index (χ0n) is 24.0. The van der Waals surface area contributed by atoms with E-state index in [-0.39, 0.29) is 19.0 Å². The second-order valence-electron chi connectivity index (χ2n) is 9.48. The lowest BCUT2D eigenvalue weighted by molar-refractivity contribution is -0.385. The highest BCUT2D eigenvalue weighted by Gasteiger charge is 2.28. The molecule has 45 heavy (non-hydrogen) atoms. The fraction of sp³-hybridized carbons (Fsp3) is 0.188. The molecule has 234 valence electrons. The number of nitrogens with zero attached hydrogens (tertiary/aromatic N) is 1. The van der Waals surface area contributed by atoms with Gasteiger partial charge in [0.25, 0.3) is 5.69 Å². The van der Waals surface area contributed by atoms with Crippen molar-refractivity contribution in [3.63, 3.8) is 0 Å². The van der Waals surface area contributed by atoms with Gasteiger partial charge in [-0.25, -0.2) is 14.5 Å². The maximum Gasteiger partial charge on any atom is 0.351 e. The third kappa shape index (κ3) is 9.00. The molecule has 4 aromatic carbocycles. The number of carboxylic acids is 1. The number of benzene rings is 4. The fourth-order valence-electron chi connectivity index (χ4n) is 4.21. The van der Waals surface area contributed by atoms with Gasteiger partial charge in [0.05, 0.1) is 23.7 Å². The van der Waals surface area contributed by atoms with E-state index in [1.807, 2.05) is 25.1 Å². The van der Waals surface area contributed by atoms with Crippen LogP contribution in [-0.4, -0.2) is 40.4 Å². The monoisotopic (exact) mass is 619 g/mol. The Kier molecular flexibility index (Phi) is 11.4. The van der Waals surface area contributed by atoms with E-state index in [1.54, 1.807) is 36.4 Å². The summed E-state index contributed by atoms with van der Waals surface area (Å²) in [5.74, 6) is -1.01. The molecular formula is C32H29NO12. The summed E-state index contributed by atoms with van der Waals surface area (Å²) in [7, 11) is 0. The van der Waals surface area contributed by atoms with E-state index >= 15 is 0 Å². The Morgan fingerprint density at radius 2 is 1.40 bits per heavy atom. The van der Waals surface area contributed by atoms with Crippen LogP contribution in [0.1, 0.15) is 43.8 Å². The number of carbonyl (C=O) groups is 2. The van der Waals surface area contributed by atoms with Gasteiger partial charge in [0.1, 0.15) is 30.5 Å². The predicted octanol–water partition coefficient (Wildman–Crippen LogP) is 6.17. The normalized spacial score (nSPS) is 10.6. The Balaban J connectivity index is 1.18. The van der Waals surface area contributed by atoms with Gasteiger partial charge in [0.15, 0.2) is 11.3 Å². The number of ether oxygens (including phenoxy) is 3. The Morgan fingerprint density at radius 3 is 2.00 bits per heavy atom. The summed E-state index contributed by atoms with van der Waals surface area (Å²) in [6.07, 6.45) is 0.560. The van der Waals surface area contributed by atoms with Crippen molar-refractivity contribution in [2.45, 2.75) is 26.6 Å². The minimum Gasteiger partial charge on any atom is -0.493 e. The number of hydrogen-bond acceptors (Lipinski definition) is 11. The van der Waals surface area contributed by atoms with Crippen LogP contribution in [-0.2, 0) is 23.0 Å². The molecule has 0 aliphatic rings. The number of hydrogen-bond donors (Lipinski definition) is 2. The van der Waals surface area contributed by atoms with Gasteiger partial charge in [-0.15, -0.1) is 0 Å². The number of rotatable bonds is 16. The number of aromatic carboxylic acids is 1. The Bertz CT molecular complexity index is 1590. The van der Waals surface area contributed by atoms with E-state index in [9.17, 15) is 24.8 Å². The molecule has 0 saturated carbocycles. The summed E-state index contributed by atoms with van der Waals surface area (Å²) >= 11 is 0. The van der Waals surface area contributed by atoms with Gasteiger partial charge in [0.2, 0.25) is 0 Å². The Morgan fingerprint density at radius 1 is 0.800 bits per heavy atom. The zero-order valence-corrected chi connectivity index (χ0v) is 24.0. The zero-order chi connectivity index (χ0) is 32.2. The molecule has 0 fully saturated rings. The molecular weight excluding hydrogens is 590 g/mol. The van der Waals surface area contributed by atoms with E-state index in [2.05, 4.69) is 4.89 Å². The first-order valence-electron chi connectivity index (χ1n) is 13.6. The van der Waals surface area contributed by atoms with Crippen molar-refractivity contribution < 1.29 is 53.7 Å². The molecule has 0 aliphatic heterocycles. The number of carbonyl (C=O) groups excluding carboxylic acids is 1. The second-order valence-corrected chi connectivity index (χ2v) is 9.48. The van der Waals surface area contributed by atoms with Crippen molar-refractivity contribution >= 4 is 17.6 Å². The minimum atomic E-state index is -1.49. The number of esters is 1. The highest BCUT2D eigenvalue weighted by molar-refractivity contribution is 6.06. The molecule has 0 saturated heterocycles. The summed E-state index contributed by atoms with van der Waals surface area (Å²) in [5.41, 5.74) is 0.791. The molecule has 0 spiro atoms. The largest absolute Gasteiger partial charge is 0.493 e. The van der Waals surface area contributed by atoms with Crippen LogP contribution in [0.25, 0.3) is 0 Å². The van der Waals surface area contributed by atoms with Crippen LogP contribution < -0.4 is 19.1 Å². The molecule has 13 nitrogen and oxygen atoms in total. The highest BCUT2D eigenvalue weighted by atomic mass is 17.2. The van der Waals surface area contributed by atoms with Gasteiger partial charge in [0, 0.05) is 12.5 Å². The lowest BCUT2D eigenvalue weighted by Gasteiger charge is -2.12. The fourth-order valence-corrected chi connectivity index (χ4v) is 4.21. The quantitative estimate of drug-likeness (QED) is 0.0365. The van der Waals surface area contributed by atoms with E-state index in [1.165, 1.54) is 18.2 Å². The first-order valence-corrected chi connectivity index (χ1v) is 13.6. The summed E-state index contributed by atoms with van der Waals surface area (Å²) in [4.78, 5) is 49.6. The van der Waals surface area contributed by atoms with E-state index < -0.39 is 33.7 Å². The number of nitro benzene ring substituents is 1. The molecule has 0 amide bonds. The van der Waals surface area contributed by atoms with Gasteiger partial charge in [-0.3, -0.25) is 15.4 Å². The van der Waals surface area contributed by atoms with Crippen molar-refractivity contribution in [2.24, 2.45) is 0 Å². The van der Waals surface area contributed by atoms with Crippen LogP contribution in [0.4, 0.5) is 5.69 Å². The number of nitro groups is 1. The van der Waals surface area contributed by atoms with Gasteiger partial charge >= 0.3 is 11.9 Å². The van der Waals surface area contributed by atoms with Crippen LogP contribution in [0.3, 0.4) is 0 Å². The highest BCUT2D eigenvalue weighted by Crippen LogP contribution is 2.26. The standard InChI is InChI=1S/C32H29NO12/c1-21-5-2-6-22(19-42-39)28(21)20-43-45-26-15-11-24(12-16-26)41-18-4-17-40-23-9-13-25(14-10-23)44-32(36)30-27(31(34)35)7-3-8-29(30)33(37)38/h2-3,5-16,39H,4,17-20H2,1H3,(H,34,35). The van der Waals surface area contributed by atoms with Crippen LogP contribution in [0.15, 0.2) is 84.9 Å². The van der Waals surface area contributed by atoms with Gasteiger partial charge in [-0.1, -0.05) is 24.3 Å². The molecule has 4 aromatic rings. The first kappa shape index (κ1) is 32.4. The molecule has 0 radical (unpaired) electrons. The molecule has 0 bridgehead atoms. The maximum atomic E-state index is 12.6. The SMILES string of the molecule is Cc1cccc(COO)c1COOc1ccc(OCCCOc2ccc(OC(=O)c3c(C(=O)O)cccc3[N+](=O)[O-])cc2)cc1. The molecule has 0 aromatic heterocycles. The minimum absolute atomic E-state index is 0.0459. The van der Waals surface area contributed by atoms with E-state index in [0.29, 0.717) is 36.9 Å². The van der Waals surface area contributed by atoms with Crippen molar-refractivity contribution in [3.8, 4) is 23.0 Å². The molecule has 0 aliphatic carbocycles. The molecule has 0 atom stereocenters. The van der Waals surface area contributed by atoms with Gasteiger partial charge in [-0.05, 0) is 78.2 Å². The van der Waals surface area contributed by atoms with Crippen molar-refractivity contribution in [3.05, 3.63) is 123 Å². The average molecular weight is 620 g/mol. The smallest absolute Gasteiger partial charge is 0.351 e. The lowest BCUT2D eigenvalue weighted by atomic mass is 10.0. The van der Waals surface area contributed by atoms with Crippen LogP contribution >= 0.6 is 0 Å². The number of carboxylic acid groups (broad SMARTS) is 1. The molecule has 0 heterocycles. The van der Waals surface area contributed by atoms with Crippen LogP contribution in [0.5, 0.6) is 23.0 Å². The summed E-state index contributed by atoms with van der Waals surface area (Å²) in [6.45, 7) is 2.84. The second kappa shape index (κ2) is 15.8. The van der Waals surface area contributed by atoms with Crippen molar-refractivity contribution in [2.75, 3.05) is 13.2 Å². The van der Waals surface area contributed by atoms with E-state index in [0.717, 1.165) is 28.8 Å². The number of aryl methyl sites for hydroxylation is 1. The molecule has 13 heteroatoms. The predicted molar refractivity (Wildman–Crippen MR) is 158 cm³/mol. The van der Waals surface area contributed by atoms with Crippen LogP contribution in [0.2, 0.25) is 0 Å². The summed E-state index contributed by atoms with van der Waals surface area (Å²) < 4.78 is 16.6. The molecule has 2 N–H and O–H groups in total. The third-order valence-corrected chi connectivity index (χ3v) is 6.44. The first-order chi connectivity index (χ1) is 21.8. The van der Waals surface area contributed by atoms with Gasteiger partial charge < -0.3 is 24.2 Å². The van der Waals surface area contributed by atoms with Crippen LogP contribution in [0, 0.1) is 17.0 Å². The summed E-state index contributed by atoms with van der Waals surface area (Å²) in [5, 5.41) is 29.4. The van der Waals surface area contributed by atoms with Gasteiger partial charge in [-0.2, -0.15) is 4.89 Å². The lowest BCUT2D eigenvalue weighted by Crippen LogP contribution is -2.16. The van der Waals surface area contributed by atoms with Crippen molar-refractivity contribution in [1.82, 2.24) is 0 Å². The van der Waals surface area contributed by atoms with Crippen molar-refractivity contribution in [1.29, 1.82) is 0 Å².